The van der Waals surface area contributed by atoms with Gasteiger partial charge in [0.25, 0.3) is 0 Å². The molecule has 1 atom stereocenters. The molecular formula is C20H28N2O4S. The SMILES string of the molecule is CC(=O)N(CC(=O)O)C1CCCN(C(=O)CSCc2cccc(C)c2)CC1. The Balaban J connectivity index is 1.82. The van der Waals surface area contributed by atoms with Gasteiger partial charge in [-0.15, -0.1) is 11.8 Å². The van der Waals surface area contributed by atoms with Gasteiger partial charge in [-0.25, -0.2) is 0 Å². The van der Waals surface area contributed by atoms with Crippen LogP contribution in [0.25, 0.3) is 0 Å². The van der Waals surface area contributed by atoms with Crippen LogP contribution in [0.3, 0.4) is 0 Å². The number of nitrogens with zero attached hydrogens (tertiary/aromatic N) is 2. The summed E-state index contributed by atoms with van der Waals surface area (Å²) >= 11 is 1.61. The third-order valence-corrected chi connectivity index (χ3v) is 5.77. The molecule has 0 spiro atoms. The lowest BCUT2D eigenvalue weighted by atomic mass is 10.1. The number of hydrogen-bond acceptors (Lipinski definition) is 4. The Morgan fingerprint density at radius 3 is 2.70 bits per heavy atom. The summed E-state index contributed by atoms with van der Waals surface area (Å²) in [5.41, 5.74) is 2.43. The lowest BCUT2D eigenvalue weighted by Crippen LogP contribution is -2.43. The first kappa shape index (κ1) is 21.3. The summed E-state index contributed by atoms with van der Waals surface area (Å²) in [5.74, 6) is 0.122. The van der Waals surface area contributed by atoms with E-state index in [1.807, 2.05) is 11.0 Å². The Bertz CT molecular complexity index is 680. The van der Waals surface area contributed by atoms with Crippen LogP contribution in [0.2, 0.25) is 0 Å². The molecule has 1 aliphatic heterocycles. The lowest BCUT2D eigenvalue weighted by molar-refractivity contribution is -0.145. The molecule has 1 fully saturated rings. The van der Waals surface area contributed by atoms with Crippen LogP contribution >= 0.6 is 11.8 Å². The standard InChI is InChI=1S/C20H28N2O4S/c1-15-5-3-6-17(11-15)13-27-14-19(24)21-9-4-7-18(8-10-21)22(16(2)23)12-20(25)26/h3,5-6,11,18H,4,7-10,12-14H2,1-2H3,(H,25,26). The Morgan fingerprint density at radius 2 is 2.04 bits per heavy atom. The number of carbonyl (C=O) groups is 3. The highest BCUT2D eigenvalue weighted by molar-refractivity contribution is 7.99. The molecule has 0 aromatic heterocycles. The van der Waals surface area contributed by atoms with Gasteiger partial charge in [0.2, 0.25) is 11.8 Å². The van der Waals surface area contributed by atoms with Crippen molar-refractivity contribution in [3.05, 3.63) is 35.4 Å². The zero-order valence-electron chi connectivity index (χ0n) is 16.0. The van der Waals surface area contributed by atoms with Crippen LogP contribution in [0.5, 0.6) is 0 Å². The van der Waals surface area contributed by atoms with Crippen molar-refractivity contribution in [2.45, 2.75) is 44.9 Å². The number of aryl methyl sites for hydroxylation is 1. The van der Waals surface area contributed by atoms with Crippen LogP contribution in [-0.4, -0.2) is 64.1 Å². The van der Waals surface area contributed by atoms with Crippen LogP contribution in [0, 0.1) is 6.92 Å². The normalized spacial score (nSPS) is 17.3. The summed E-state index contributed by atoms with van der Waals surface area (Å²) in [6.07, 6.45) is 2.14. The fourth-order valence-corrected chi connectivity index (χ4v) is 4.31. The molecule has 1 aromatic rings. The number of rotatable bonds is 7. The number of benzene rings is 1. The van der Waals surface area contributed by atoms with Gasteiger partial charge in [0.1, 0.15) is 6.54 Å². The minimum absolute atomic E-state index is 0.112. The van der Waals surface area contributed by atoms with E-state index in [1.165, 1.54) is 23.0 Å². The average Bonchev–Trinajstić information content (AvgIpc) is 2.85. The van der Waals surface area contributed by atoms with E-state index in [4.69, 9.17) is 5.11 Å². The predicted octanol–water partition coefficient (Wildman–Crippen LogP) is 2.54. The minimum atomic E-state index is -1.00. The average molecular weight is 393 g/mol. The molecule has 1 unspecified atom stereocenters. The van der Waals surface area contributed by atoms with Crippen molar-refractivity contribution in [2.75, 3.05) is 25.4 Å². The van der Waals surface area contributed by atoms with E-state index in [0.717, 1.165) is 18.6 Å². The molecule has 6 nitrogen and oxygen atoms in total. The first-order valence-electron chi connectivity index (χ1n) is 9.27. The molecule has 1 N–H and O–H groups in total. The van der Waals surface area contributed by atoms with Crippen molar-refractivity contribution in [2.24, 2.45) is 0 Å². The molecule has 1 aromatic carbocycles. The monoisotopic (exact) mass is 392 g/mol. The van der Waals surface area contributed by atoms with Crippen LogP contribution in [0.15, 0.2) is 24.3 Å². The molecule has 27 heavy (non-hydrogen) atoms. The van der Waals surface area contributed by atoms with Crippen LogP contribution < -0.4 is 0 Å². The topological polar surface area (TPSA) is 77.9 Å². The smallest absolute Gasteiger partial charge is 0.323 e. The van der Waals surface area contributed by atoms with Gasteiger partial charge in [0.05, 0.1) is 5.75 Å². The van der Waals surface area contributed by atoms with E-state index >= 15 is 0 Å². The summed E-state index contributed by atoms with van der Waals surface area (Å²) in [5, 5.41) is 9.02. The molecule has 2 rings (SSSR count). The molecule has 1 saturated heterocycles. The van der Waals surface area contributed by atoms with E-state index in [-0.39, 0.29) is 24.4 Å². The second-order valence-corrected chi connectivity index (χ2v) is 7.97. The van der Waals surface area contributed by atoms with Crippen molar-refractivity contribution in [3.63, 3.8) is 0 Å². The van der Waals surface area contributed by atoms with Gasteiger partial charge in [-0.2, -0.15) is 0 Å². The van der Waals surface area contributed by atoms with Crippen molar-refractivity contribution >= 4 is 29.5 Å². The number of carboxylic acids is 1. The van der Waals surface area contributed by atoms with Crippen LogP contribution in [-0.2, 0) is 20.1 Å². The van der Waals surface area contributed by atoms with Gasteiger partial charge in [0.15, 0.2) is 0 Å². The van der Waals surface area contributed by atoms with Crippen molar-refractivity contribution in [3.8, 4) is 0 Å². The number of likely N-dealkylation sites (tertiary alicyclic amines) is 1. The Kier molecular flexibility index (Phi) is 8.16. The summed E-state index contributed by atoms with van der Waals surface area (Å²) in [6.45, 7) is 4.41. The predicted molar refractivity (Wildman–Crippen MR) is 107 cm³/mol. The van der Waals surface area contributed by atoms with E-state index in [9.17, 15) is 14.4 Å². The fraction of sp³-hybridized carbons (Fsp3) is 0.550. The largest absolute Gasteiger partial charge is 0.480 e. The molecule has 7 heteroatoms. The Morgan fingerprint density at radius 1 is 1.26 bits per heavy atom. The fourth-order valence-electron chi connectivity index (χ4n) is 3.43. The zero-order valence-corrected chi connectivity index (χ0v) is 16.8. The van der Waals surface area contributed by atoms with Crippen molar-refractivity contribution < 1.29 is 19.5 Å². The molecule has 0 radical (unpaired) electrons. The Labute approximate surface area is 164 Å². The maximum absolute atomic E-state index is 12.5. The number of hydrogen-bond donors (Lipinski definition) is 1. The van der Waals surface area contributed by atoms with Gasteiger partial charge < -0.3 is 14.9 Å². The van der Waals surface area contributed by atoms with E-state index < -0.39 is 5.97 Å². The summed E-state index contributed by atoms with van der Waals surface area (Å²) < 4.78 is 0. The highest BCUT2D eigenvalue weighted by Gasteiger charge is 2.27. The number of thioether (sulfide) groups is 1. The van der Waals surface area contributed by atoms with Gasteiger partial charge >= 0.3 is 5.97 Å². The number of aliphatic carboxylic acids is 1. The number of carboxylic acid groups (broad SMARTS) is 1. The first-order chi connectivity index (χ1) is 12.9. The highest BCUT2D eigenvalue weighted by atomic mass is 32.2. The molecule has 2 amide bonds. The second kappa shape index (κ2) is 10.3. The molecule has 0 bridgehead atoms. The van der Waals surface area contributed by atoms with Gasteiger partial charge in [-0.1, -0.05) is 29.8 Å². The summed E-state index contributed by atoms with van der Waals surface area (Å²) in [7, 11) is 0. The molecule has 0 saturated carbocycles. The maximum atomic E-state index is 12.5. The number of carbonyl (C=O) groups excluding carboxylic acids is 2. The summed E-state index contributed by atoms with van der Waals surface area (Å²) in [6, 6.07) is 8.17. The van der Waals surface area contributed by atoms with Crippen LogP contribution in [0.1, 0.15) is 37.3 Å². The van der Waals surface area contributed by atoms with Gasteiger partial charge in [0, 0.05) is 31.8 Å². The lowest BCUT2D eigenvalue weighted by Gasteiger charge is -2.28. The Hall–Kier alpha value is -2.02. The molecule has 148 valence electrons. The van der Waals surface area contributed by atoms with E-state index in [0.29, 0.717) is 25.3 Å². The van der Waals surface area contributed by atoms with Crippen LogP contribution in [0.4, 0.5) is 0 Å². The van der Waals surface area contributed by atoms with Gasteiger partial charge in [-0.05, 0) is 31.7 Å². The van der Waals surface area contributed by atoms with E-state index in [2.05, 4.69) is 25.1 Å². The summed E-state index contributed by atoms with van der Waals surface area (Å²) in [4.78, 5) is 38.6. The minimum Gasteiger partial charge on any atom is -0.480 e. The van der Waals surface area contributed by atoms with Crippen molar-refractivity contribution in [1.29, 1.82) is 0 Å². The third kappa shape index (κ3) is 6.90. The van der Waals surface area contributed by atoms with Crippen molar-refractivity contribution in [1.82, 2.24) is 9.80 Å². The second-order valence-electron chi connectivity index (χ2n) is 6.99. The maximum Gasteiger partial charge on any atom is 0.323 e. The molecule has 1 heterocycles. The molecule has 0 aliphatic carbocycles. The number of amides is 2. The zero-order chi connectivity index (χ0) is 19.8. The third-order valence-electron chi connectivity index (χ3n) is 4.78. The molecule has 1 aliphatic rings. The first-order valence-corrected chi connectivity index (χ1v) is 10.4. The quantitative estimate of drug-likeness (QED) is 0.772. The van der Waals surface area contributed by atoms with E-state index in [1.54, 1.807) is 11.8 Å². The highest BCUT2D eigenvalue weighted by Crippen LogP contribution is 2.19. The molecular weight excluding hydrogens is 364 g/mol. The van der Waals surface area contributed by atoms with Gasteiger partial charge in [-0.3, -0.25) is 14.4 Å².